The Balaban J connectivity index is 0.00000361. The van der Waals surface area contributed by atoms with E-state index in [0.717, 1.165) is 0 Å². The Hall–Kier alpha value is -2.26. The third-order valence-corrected chi connectivity index (χ3v) is 6.17. The molecule has 3 aromatic rings. The van der Waals surface area contributed by atoms with E-state index in [1.54, 1.807) is 66.6 Å². The second kappa shape index (κ2) is 12.8. The van der Waals surface area contributed by atoms with Crippen LogP contribution < -0.4 is 49.0 Å². The Labute approximate surface area is 241 Å². The maximum Gasteiger partial charge on any atom is 1.00 e. The second-order valence-electron chi connectivity index (χ2n) is 7.88. The van der Waals surface area contributed by atoms with Gasteiger partial charge in [0, 0.05) is 53.4 Å². The van der Waals surface area contributed by atoms with Gasteiger partial charge in [-0.3, -0.25) is 4.79 Å². The fraction of sp³-hybridized carbons (Fsp3) is 0.231. The van der Waals surface area contributed by atoms with Crippen LogP contribution in [0.25, 0.3) is 0 Å². The maximum atomic E-state index is 13.2. The predicted octanol–water partition coefficient (Wildman–Crippen LogP) is 1.70. The summed E-state index contributed by atoms with van der Waals surface area (Å²) in [4.78, 5) is 26.2. The van der Waals surface area contributed by atoms with E-state index in [4.69, 9.17) is 37.4 Å². The molecule has 10 heteroatoms. The molecule has 0 aliphatic carbocycles. The summed E-state index contributed by atoms with van der Waals surface area (Å²) in [5.74, 6) is -0.996. The van der Waals surface area contributed by atoms with Crippen molar-refractivity contribution in [3.63, 3.8) is 0 Å². The minimum absolute atomic E-state index is 0. The topological polar surface area (TPSA) is 88.1 Å². The van der Waals surface area contributed by atoms with Crippen molar-refractivity contribution in [2.45, 2.75) is 12.3 Å². The first-order chi connectivity index (χ1) is 16.9. The molecule has 36 heavy (non-hydrogen) atoms. The number of nitrogens with zero attached hydrogens (tertiary/aromatic N) is 1. The van der Waals surface area contributed by atoms with Gasteiger partial charge in [-0.25, -0.2) is 0 Å². The number of hydrogen-bond donors (Lipinski definition) is 0. The number of fused-ring (bicyclic) bond motifs is 1. The third kappa shape index (κ3) is 6.54. The molecule has 7 nitrogen and oxygen atoms in total. The van der Waals surface area contributed by atoms with E-state index in [1.807, 2.05) is 0 Å². The van der Waals surface area contributed by atoms with Gasteiger partial charge in [0.2, 0.25) is 0 Å². The van der Waals surface area contributed by atoms with Crippen molar-refractivity contribution in [1.82, 2.24) is 0 Å². The van der Waals surface area contributed by atoms with Crippen molar-refractivity contribution in [1.29, 1.82) is 0 Å². The number of carboxylic acid groups (broad SMARTS) is 1. The minimum atomic E-state index is -1.17. The summed E-state index contributed by atoms with van der Waals surface area (Å²) >= 11 is 12.3. The normalized spacial score (nSPS) is 14.1. The first-order valence-corrected chi connectivity index (χ1v) is 11.6. The first-order valence-electron chi connectivity index (χ1n) is 10.9. The number of carbonyl (C=O) groups excluding carboxylic acids is 2. The number of amides is 1. The number of benzene rings is 3. The standard InChI is InChI=1S/C26H23Cl2NO6.Na/c1-33-13-11-29(18-6-4-17(27)5-7-18)25(30)16-2-8-19(9-3-16)35-24-15-23-21(14-22(24)28)20(26(31)32)10-12-34-23;/h2-9,14-15,20H,10-13H2,1H3,(H,31,32);/q;+1/p-1. The number of halogens is 2. The molecule has 1 unspecified atom stereocenters. The van der Waals surface area contributed by atoms with Crippen molar-refractivity contribution >= 4 is 40.8 Å². The van der Waals surface area contributed by atoms with Crippen LogP contribution in [-0.2, 0) is 9.53 Å². The van der Waals surface area contributed by atoms with Crippen molar-refractivity contribution in [3.05, 3.63) is 81.8 Å². The molecule has 3 aromatic carbocycles. The van der Waals surface area contributed by atoms with Crippen molar-refractivity contribution in [2.24, 2.45) is 0 Å². The Bertz CT molecular complexity index is 1220. The van der Waals surface area contributed by atoms with Crippen molar-refractivity contribution < 1.29 is 58.5 Å². The number of rotatable bonds is 8. The van der Waals surface area contributed by atoms with Gasteiger partial charge in [0.1, 0.15) is 17.2 Å². The first kappa shape index (κ1) is 28.3. The maximum absolute atomic E-state index is 13.2. The molecule has 0 spiro atoms. The van der Waals surface area contributed by atoms with Crippen molar-refractivity contribution in [2.75, 3.05) is 31.8 Å². The van der Waals surface area contributed by atoms with Gasteiger partial charge in [-0.1, -0.05) is 23.2 Å². The van der Waals surface area contributed by atoms with E-state index in [1.165, 1.54) is 6.07 Å². The summed E-state index contributed by atoms with van der Waals surface area (Å²) < 4.78 is 16.7. The number of anilines is 1. The number of carbonyl (C=O) groups is 2. The monoisotopic (exact) mass is 537 g/mol. The van der Waals surface area contributed by atoms with Crippen LogP contribution in [0.15, 0.2) is 60.7 Å². The average Bonchev–Trinajstić information content (AvgIpc) is 2.85. The van der Waals surface area contributed by atoms with Gasteiger partial charge in [0.25, 0.3) is 5.91 Å². The molecule has 1 aliphatic heterocycles. The molecule has 0 radical (unpaired) electrons. The summed E-state index contributed by atoms with van der Waals surface area (Å²) in [7, 11) is 1.58. The summed E-state index contributed by atoms with van der Waals surface area (Å²) in [6.07, 6.45) is 0.318. The Kier molecular flexibility index (Phi) is 10.1. The molecule has 4 rings (SSSR count). The van der Waals surface area contributed by atoms with Gasteiger partial charge < -0.3 is 29.0 Å². The zero-order chi connectivity index (χ0) is 24.9. The largest absolute Gasteiger partial charge is 1.00 e. The second-order valence-corrected chi connectivity index (χ2v) is 8.73. The number of carboxylic acids is 1. The van der Waals surface area contributed by atoms with E-state index >= 15 is 0 Å². The van der Waals surface area contributed by atoms with Crippen LogP contribution in [0.3, 0.4) is 0 Å². The van der Waals surface area contributed by atoms with Gasteiger partial charge in [-0.05, 0) is 61.0 Å². The molecular weight excluding hydrogens is 516 g/mol. The van der Waals surface area contributed by atoms with E-state index in [2.05, 4.69) is 0 Å². The van der Waals surface area contributed by atoms with Crippen LogP contribution in [0.5, 0.6) is 17.2 Å². The molecule has 0 N–H and O–H groups in total. The van der Waals surface area contributed by atoms with E-state index in [-0.39, 0.29) is 47.1 Å². The quantitative estimate of drug-likeness (QED) is 0.406. The number of aliphatic carboxylic acids is 1. The zero-order valence-corrected chi connectivity index (χ0v) is 23.3. The predicted molar refractivity (Wildman–Crippen MR) is 131 cm³/mol. The fourth-order valence-electron chi connectivity index (χ4n) is 3.81. The molecule has 0 saturated carbocycles. The molecule has 1 heterocycles. The Morgan fingerprint density at radius 3 is 2.42 bits per heavy atom. The van der Waals surface area contributed by atoms with Crippen LogP contribution >= 0.6 is 23.2 Å². The molecular formula is C26H22Cl2NNaO6. The van der Waals surface area contributed by atoms with Crippen LogP contribution in [0.1, 0.15) is 28.3 Å². The fourth-order valence-corrected chi connectivity index (χ4v) is 4.15. The molecule has 0 aromatic heterocycles. The molecule has 182 valence electrons. The SMILES string of the molecule is COCCN(C(=O)c1ccc(Oc2cc3c(cc2Cl)C(C(=O)[O-])CCO3)cc1)c1ccc(Cl)cc1.[Na+]. The van der Waals surface area contributed by atoms with E-state index < -0.39 is 11.9 Å². The Morgan fingerprint density at radius 1 is 1.08 bits per heavy atom. The smallest absolute Gasteiger partial charge is 0.549 e. The zero-order valence-electron chi connectivity index (χ0n) is 19.8. The third-order valence-electron chi connectivity index (χ3n) is 5.62. The van der Waals surface area contributed by atoms with Crippen LogP contribution in [-0.4, -0.2) is 38.7 Å². The van der Waals surface area contributed by atoms with Gasteiger partial charge in [-0.2, -0.15) is 0 Å². The van der Waals surface area contributed by atoms with Crippen LogP contribution in [0.2, 0.25) is 10.0 Å². The number of hydrogen-bond acceptors (Lipinski definition) is 6. The van der Waals surface area contributed by atoms with Crippen LogP contribution in [0, 0.1) is 0 Å². The van der Waals surface area contributed by atoms with Crippen LogP contribution in [0.4, 0.5) is 5.69 Å². The molecule has 0 fully saturated rings. The number of ether oxygens (including phenoxy) is 3. The van der Waals surface area contributed by atoms with Gasteiger partial charge >= 0.3 is 29.6 Å². The molecule has 1 amide bonds. The van der Waals surface area contributed by atoms with Crippen molar-refractivity contribution in [3.8, 4) is 17.2 Å². The van der Waals surface area contributed by atoms with Gasteiger partial charge in [0.05, 0.1) is 18.2 Å². The number of methoxy groups -OCH3 is 1. The van der Waals surface area contributed by atoms with Gasteiger partial charge in [0.15, 0.2) is 0 Å². The van der Waals surface area contributed by atoms with E-state index in [0.29, 0.717) is 58.7 Å². The average molecular weight is 538 g/mol. The molecule has 0 bridgehead atoms. The summed E-state index contributed by atoms with van der Waals surface area (Å²) in [6, 6.07) is 16.7. The van der Waals surface area contributed by atoms with E-state index in [9.17, 15) is 14.7 Å². The van der Waals surface area contributed by atoms with Gasteiger partial charge in [-0.15, -0.1) is 0 Å². The molecule has 0 saturated heterocycles. The summed E-state index contributed by atoms with van der Waals surface area (Å²) in [6.45, 7) is 0.997. The summed E-state index contributed by atoms with van der Waals surface area (Å²) in [5, 5.41) is 12.2. The Morgan fingerprint density at radius 2 is 1.78 bits per heavy atom. The summed E-state index contributed by atoms with van der Waals surface area (Å²) in [5.41, 5.74) is 1.63. The molecule has 1 aliphatic rings. The minimum Gasteiger partial charge on any atom is -0.549 e. The molecule has 1 atom stereocenters.